The van der Waals surface area contributed by atoms with Crippen LogP contribution in [0, 0.1) is 0 Å². The Hall–Kier alpha value is -1.56. The zero-order valence-electron chi connectivity index (χ0n) is 8.79. The van der Waals surface area contributed by atoms with E-state index in [1.54, 1.807) is 0 Å². The molecule has 1 aromatic rings. The van der Waals surface area contributed by atoms with Gasteiger partial charge in [-0.25, -0.2) is 0 Å². The molecule has 0 aliphatic carbocycles. The summed E-state index contributed by atoms with van der Waals surface area (Å²) in [6.07, 6.45) is 0. The smallest absolute Gasteiger partial charge is 0.313 e. The Balaban J connectivity index is 3.30. The number of benzene rings is 1. The molecule has 0 saturated heterocycles. The maximum atomic E-state index is 10.9. The first kappa shape index (κ1) is 13.5. The fourth-order valence-electron chi connectivity index (χ4n) is 1.20. The number of phenols is 2. The molecule has 0 bridgehead atoms. The lowest BCUT2D eigenvalue weighted by molar-refractivity contribution is -0.140. The maximum absolute atomic E-state index is 10.9. The van der Waals surface area contributed by atoms with Gasteiger partial charge >= 0.3 is 5.97 Å². The Morgan fingerprint density at radius 2 is 1.71 bits per heavy atom. The van der Waals surface area contributed by atoms with E-state index in [0.29, 0.717) is 0 Å². The second kappa shape index (κ2) is 4.03. The molecule has 1 aromatic carbocycles. The summed E-state index contributed by atoms with van der Waals surface area (Å²) in [4.78, 5) is 10.9. The maximum Gasteiger partial charge on any atom is 0.313 e. The number of carboxylic acid groups (broad SMARTS) is 1. The Morgan fingerprint density at radius 3 is 2.12 bits per heavy atom. The molecule has 1 rings (SSSR count). The zero-order valence-corrected chi connectivity index (χ0v) is 8.79. The predicted octanol–water partition coefficient (Wildman–Crippen LogP) is -1.50. The topological polar surface area (TPSA) is 104 Å². The molecule has 82 valence electrons. The number of carboxylic acids is 1. The minimum atomic E-state index is -2.43. The highest BCUT2D eigenvalue weighted by molar-refractivity contribution is 6.49. The molecule has 0 aromatic heterocycles. The van der Waals surface area contributed by atoms with Gasteiger partial charge in [-0.2, -0.15) is 0 Å². The quantitative estimate of drug-likeness (QED) is 0.371. The number of nitrogens with two attached hydrogens (primary N) is 1. The summed E-state index contributed by atoms with van der Waals surface area (Å²) < 4.78 is 0. The number of hydrogen-bond donors (Lipinski definition) is 4. The van der Waals surface area contributed by atoms with Crippen LogP contribution in [0.2, 0.25) is 0 Å². The van der Waals surface area contributed by atoms with Crippen LogP contribution in [0.25, 0.3) is 0 Å². The van der Waals surface area contributed by atoms with Crippen molar-refractivity contribution >= 4 is 29.5 Å². The van der Waals surface area contributed by atoms with Crippen LogP contribution >= 0.6 is 0 Å². The number of phenolic OH excluding ortho intramolecular Hbond substituents is 2. The van der Waals surface area contributed by atoms with Crippen LogP contribution in [-0.4, -0.2) is 50.3 Å². The summed E-state index contributed by atoms with van der Waals surface area (Å²) >= 11 is 0. The minimum absolute atomic E-state index is 0.0276. The van der Waals surface area contributed by atoms with Crippen molar-refractivity contribution in [2.24, 2.45) is 5.73 Å². The van der Waals surface area contributed by atoms with Crippen molar-refractivity contribution in [1.82, 2.24) is 0 Å². The lowest BCUT2D eigenvalue weighted by atomic mass is 9.37. The van der Waals surface area contributed by atoms with Crippen molar-refractivity contribution in [3.8, 4) is 11.5 Å². The van der Waals surface area contributed by atoms with Crippen molar-refractivity contribution in [2.75, 3.05) is 0 Å². The van der Waals surface area contributed by atoms with E-state index < -0.39 is 28.1 Å². The molecule has 0 fully saturated rings. The normalized spacial score (nSPS) is 15.1. The van der Waals surface area contributed by atoms with Gasteiger partial charge in [0.05, 0.1) is 21.1 Å². The molecular formula is C9H8B3NO4. The van der Waals surface area contributed by atoms with Crippen LogP contribution in [0.15, 0.2) is 18.2 Å². The second-order valence-electron chi connectivity index (χ2n) is 3.75. The van der Waals surface area contributed by atoms with Crippen LogP contribution in [0.1, 0.15) is 5.56 Å². The number of aliphatic carboxylic acids is 1. The summed E-state index contributed by atoms with van der Waals surface area (Å²) in [5.74, 6) is -2.52. The largest absolute Gasteiger partial charge is 0.504 e. The number of rotatable bonds is 3. The summed E-state index contributed by atoms with van der Waals surface area (Å²) in [5, 5.41) is 25.1. The first-order chi connectivity index (χ1) is 7.60. The molecule has 0 aliphatic heterocycles. The number of aromatic hydroxyl groups is 2. The molecule has 0 heterocycles. The molecule has 17 heavy (non-hydrogen) atoms. The van der Waals surface area contributed by atoms with Gasteiger partial charge in [-0.3, -0.25) is 4.79 Å². The van der Waals surface area contributed by atoms with E-state index in [2.05, 4.69) is 0 Å². The molecule has 0 amide bonds. The van der Waals surface area contributed by atoms with Gasteiger partial charge in [-0.05, 0) is 12.1 Å². The summed E-state index contributed by atoms with van der Waals surface area (Å²) in [6, 6.07) is 3.30. The fraction of sp³-hybridized carbons (Fsp3) is 0.222. The van der Waals surface area contributed by atoms with Crippen LogP contribution < -0.4 is 5.73 Å². The molecule has 6 radical (unpaired) electrons. The SMILES string of the molecule is [B]C([B])(c1ccc(O)c(O)c1)[C@]([B])(N)C(=O)O. The molecule has 0 aliphatic rings. The van der Waals surface area contributed by atoms with Gasteiger partial charge in [-0.15, -0.1) is 0 Å². The fourth-order valence-corrected chi connectivity index (χ4v) is 1.20. The van der Waals surface area contributed by atoms with Gasteiger partial charge < -0.3 is 21.1 Å². The average Bonchev–Trinajstić information content (AvgIpc) is 2.21. The minimum Gasteiger partial charge on any atom is -0.504 e. The molecular weight excluding hydrogens is 219 g/mol. The lowest BCUT2D eigenvalue weighted by Crippen LogP contribution is -2.65. The highest BCUT2D eigenvalue weighted by atomic mass is 16.4. The third kappa shape index (κ3) is 2.13. The molecule has 0 saturated carbocycles. The first-order valence-corrected chi connectivity index (χ1v) is 4.52. The van der Waals surface area contributed by atoms with Crippen LogP contribution in [0.5, 0.6) is 11.5 Å². The second-order valence-corrected chi connectivity index (χ2v) is 3.75. The summed E-state index contributed by atoms with van der Waals surface area (Å²) in [5.41, 5.74) is 2.88. The van der Waals surface area contributed by atoms with Gasteiger partial charge in [0, 0.05) is 0 Å². The Bertz CT molecular complexity index is 462. The van der Waals surface area contributed by atoms with Crippen molar-refractivity contribution in [3.05, 3.63) is 23.8 Å². The van der Waals surface area contributed by atoms with Gasteiger partial charge in [0.2, 0.25) is 0 Å². The van der Waals surface area contributed by atoms with Gasteiger partial charge in [0.25, 0.3) is 0 Å². The van der Waals surface area contributed by atoms with Crippen molar-refractivity contribution < 1.29 is 20.1 Å². The van der Waals surface area contributed by atoms with Gasteiger partial charge in [0.1, 0.15) is 7.85 Å². The van der Waals surface area contributed by atoms with Crippen LogP contribution in [0.3, 0.4) is 0 Å². The lowest BCUT2D eigenvalue weighted by Gasteiger charge is -2.40. The van der Waals surface area contributed by atoms with Crippen LogP contribution in [0.4, 0.5) is 0 Å². The molecule has 0 unspecified atom stereocenters. The highest BCUT2D eigenvalue weighted by Crippen LogP contribution is 2.32. The van der Waals surface area contributed by atoms with E-state index in [4.69, 9.17) is 39.5 Å². The Labute approximate surface area is 102 Å². The standard InChI is InChI=1S/C9H8B3NO4/c10-8(11,9(12,13)7(16)17)4-1-2-5(14)6(15)3-4/h1-3,14-15H,13H2,(H,16,17)/t9-/m1/s1. The van der Waals surface area contributed by atoms with E-state index in [-0.39, 0.29) is 5.56 Å². The zero-order chi connectivity index (χ0) is 13.4. The van der Waals surface area contributed by atoms with E-state index in [1.165, 1.54) is 6.07 Å². The van der Waals surface area contributed by atoms with E-state index >= 15 is 0 Å². The first-order valence-electron chi connectivity index (χ1n) is 4.52. The predicted molar refractivity (Wildman–Crippen MR) is 63.3 cm³/mol. The third-order valence-electron chi connectivity index (χ3n) is 2.49. The molecule has 0 spiro atoms. The molecule has 5 nitrogen and oxygen atoms in total. The van der Waals surface area contributed by atoms with Crippen LogP contribution in [-0.2, 0) is 10.0 Å². The molecule has 5 N–H and O–H groups in total. The Kier molecular flexibility index (Phi) is 3.20. The Morgan fingerprint density at radius 1 is 1.18 bits per heavy atom. The summed E-state index contributed by atoms with van der Waals surface area (Å²) in [6.45, 7) is 0. The summed E-state index contributed by atoms with van der Waals surface area (Å²) in [7, 11) is 16.5. The van der Waals surface area contributed by atoms with E-state index in [1.807, 2.05) is 0 Å². The number of carbonyl (C=O) groups is 1. The number of hydrogen-bond acceptors (Lipinski definition) is 4. The third-order valence-corrected chi connectivity index (χ3v) is 2.49. The van der Waals surface area contributed by atoms with Crippen molar-refractivity contribution in [1.29, 1.82) is 0 Å². The monoisotopic (exact) mass is 227 g/mol. The van der Waals surface area contributed by atoms with Gasteiger partial charge in [-0.1, -0.05) is 16.8 Å². The highest BCUT2D eigenvalue weighted by Gasteiger charge is 2.43. The van der Waals surface area contributed by atoms with E-state index in [0.717, 1.165) is 12.1 Å². The average molecular weight is 227 g/mol. The van der Waals surface area contributed by atoms with E-state index in [9.17, 15) is 9.90 Å². The van der Waals surface area contributed by atoms with Gasteiger partial charge in [0.15, 0.2) is 11.5 Å². The van der Waals surface area contributed by atoms with Crippen molar-refractivity contribution in [2.45, 2.75) is 10.7 Å². The van der Waals surface area contributed by atoms with Crippen molar-refractivity contribution in [3.63, 3.8) is 0 Å². The molecule has 8 heteroatoms. The molecule has 1 atom stereocenters.